The van der Waals surface area contributed by atoms with Gasteiger partial charge in [-0.15, -0.1) is 0 Å². The quantitative estimate of drug-likeness (QED) is 0.599. The molecule has 2 fully saturated rings. The fourth-order valence-electron chi connectivity index (χ4n) is 3.85. The summed E-state index contributed by atoms with van der Waals surface area (Å²) in [5.41, 5.74) is 0. The standard InChI is InChI=1S/C17H31N3O5S/c1-3-9-26(24,25)20-8-6-5-7-15(20)17(23)18-13-10-14(11-13)19(4-2)12-16(21)22/h13-15H,3-12H2,1-2H3,(H,18,23)(H,21,22). The molecular weight excluding hydrogens is 358 g/mol. The first-order valence-corrected chi connectivity index (χ1v) is 11.1. The Bertz CT molecular complexity index is 604. The molecule has 1 heterocycles. The van der Waals surface area contributed by atoms with Gasteiger partial charge in [0, 0.05) is 18.6 Å². The summed E-state index contributed by atoms with van der Waals surface area (Å²) in [6.07, 6.45) is 4.16. The van der Waals surface area contributed by atoms with Crippen LogP contribution in [-0.4, -0.2) is 78.1 Å². The second-order valence-electron chi connectivity index (χ2n) is 7.23. The van der Waals surface area contributed by atoms with Crippen LogP contribution in [0.2, 0.25) is 0 Å². The molecule has 2 aliphatic rings. The average Bonchev–Trinajstić information content (AvgIpc) is 2.55. The molecule has 1 unspecified atom stereocenters. The minimum atomic E-state index is -3.39. The lowest BCUT2D eigenvalue weighted by molar-refractivity contribution is -0.140. The second kappa shape index (κ2) is 9.14. The summed E-state index contributed by atoms with van der Waals surface area (Å²) >= 11 is 0. The van der Waals surface area contributed by atoms with Gasteiger partial charge in [0.15, 0.2) is 0 Å². The number of amides is 1. The van der Waals surface area contributed by atoms with Gasteiger partial charge in [0.1, 0.15) is 6.04 Å². The van der Waals surface area contributed by atoms with Gasteiger partial charge in [0.05, 0.1) is 12.3 Å². The molecule has 0 aromatic rings. The largest absolute Gasteiger partial charge is 0.480 e. The van der Waals surface area contributed by atoms with Crippen LogP contribution < -0.4 is 5.32 Å². The molecule has 0 aromatic heterocycles. The van der Waals surface area contributed by atoms with E-state index in [4.69, 9.17) is 5.11 Å². The van der Waals surface area contributed by atoms with E-state index in [-0.39, 0.29) is 30.3 Å². The van der Waals surface area contributed by atoms with Gasteiger partial charge in [-0.3, -0.25) is 14.5 Å². The fourth-order valence-corrected chi connectivity index (χ4v) is 5.60. The van der Waals surface area contributed by atoms with Crippen LogP contribution in [-0.2, 0) is 19.6 Å². The number of sulfonamides is 1. The van der Waals surface area contributed by atoms with Crippen LogP contribution in [0.1, 0.15) is 52.4 Å². The Morgan fingerprint density at radius 3 is 2.50 bits per heavy atom. The van der Waals surface area contributed by atoms with Crippen molar-refractivity contribution in [1.29, 1.82) is 0 Å². The maximum absolute atomic E-state index is 12.7. The molecule has 0 spiro atoms. The lowest BCUT2D eigenvalue weighted by Crippen LogP contribution is -2.59. The van der Waals surface area contributed by atoms with Crippen LogP contribution in [0.5, 0.6) is 0 Å². The molecule has 0 radical (unpaired) electrons. The van der Waals surface area contributed by atoms with Gasteiger partial charge in [0.2, 0.25) is 15.9 Å². The minimum Gasteiger partial charge on any atom is -0.480 e. The van der Waals surface area contributed by atoms with E-state index < -0.39 is 22.0 Å². The number of carboxylic acids is 1. The molecule has 9 heteroatoms. The van der Waals surface area contributed by atoms with Crippen LogP contribution in [0.25, 0.3) is 0 Å². The molecule has 2 rings (SSSR count). The zero-order chi connectivity index (χ0) is 19.3. The van der Waals surface area contributed by atoms with E-state index in [0.29, 0.717) is 38.8 Å². The van der Waals surface area contributed by atoms with Crippen LogP contribution in [0.4, 0.5) is 0 Å². The maximum atomic E-state index is 12.7. The van der Waals surface area contributed by atoms with Crippen LogP contribution in [0.3, 0.4) is 0 Å². The van der Waals surface area contributed by atoms with Crippen molar-refractivity contribution in [2.24, 2.45) is 0 Å². The topological polar surface area (TPSA) is 107 Å². The number of carbonyl (C=O) groups is 2. The molecular formula is C17H31N3O5S. The Hall–Kier alpha value is -1.19. The van der Waals surface area contributed by atoms with Gasteiger partial charge in [-0.25, -0.2) is 8.42 Å². The van der Waals surface area contributed by atoms with Gasteiger partial charge in [-0.2, -0.15) is 4.31 Å². The van der Waals surface area contributed by atoms with Crippen molar-refractivity contribution < 1.29 is 23.1 Å². The Labute approximate surface area is 156 Å². The average molecular weight is 390 g/mol. The number of rotatable bonds is 9. The molecule has 1 aliphatic heterocycles. The summed E-state index contributed by atoms with van der Waals surface area (Å²) in [5.74, 6) is -0.990. The third kappa shape index (κ3) is 5.17. The summed E-state index contributed by atoms with van der Waals surface area (Å²) in [6, 6.07) is -0.457. The van der Waals surface area contributed by atoms with E-state index in [2.05, 4.69) is 5.32 Å². The number of nitrogens with one attached hydrogen (secondary N) is 1. The molecule has 1 aliphatic carbocycles. The zero-order valence-electron chi connectivity index (χ0n) is 15.7. The first-order valence-electron chi connectivity index (χ1n) is 9.54. The number of carboxylic acid groups (broad SMARTS) is 1. The van der Waals surface area contributed by atoms with Crippen molar-refractivity contribution in [2.45, 2.75) is 70.5 Å². The summed E-state index contributed by atoms with van der Waals surface area (Å²) < 4.78 is 26.3. The molecule has 0 aromatic carbocycles. The highest BCUT2D eigenvalue weighted by molar-refractivity contribution is 7.89. The van der Waals surface area contributed by atoms with Crippen molar-refractivity contribution in [3.8, 4) is 0 Å². The summed E-state index contributed by atoms with van der Waals surface area (Å²) in [5, 5.41) is 11.9. The van der Waals surface area contributed by atoms with E-state index >= 15 is 0 Å². The molecule has 1 saturated carbocycles. The third-order valence-electron chi connectivity index (χ3n) is 5.30. The Morgan fingerprint density at radius 2 is 1.92 bits per heavy atom. The van der Waals surface area contributed by atoms with Crippen molar-refractivity contribution in [1.82, 2.24) is 14.5 Å². The monoisotopic (exact) mass is 389 g/mol. The normalized spacial score (nSPS) is 27.1. The van der Waals surface area contributed by atoms with Gasteiger partial charge in [-0.1, -0.05) is 20.3 Å². The van der Waals surface area contributed by atoms with Crippen molar-refractivity contribution >= 4 is 21.9 Å². The molecule has 8 nitrogen and oxygen atoms in total. The molecule has 1 saturated heterocycles. The van der Waals surface area contributed by atoms with Crippen molar-refractivity contribution in [3.05, 3.63) is 0 Å². The number of hydrogen-bond acceptors (Lipinski definition) is 5. The minimum absolute atomic E-state index is 0.00648. The first kappa shape index (κ1) is 21.1. The van der Waals surface area contributed by atoms with Crippen LogP contribution in [0, 0.1) is 0 Å². The van der Waals surface area contributed by atoms with Crippen LogP contribution in [0.15, 0.2) is 0 Å². The number of piperidine rings is 1. The van der Waals surface area contributed by atoms with E-state index in [0.717, 1.165) is 12.8 Å². The summed E-state index contributed by atoms with van der Waals surface area (Å²) in [4.78, 5) is 25.4. The highest BCUT2D eigenvalue weighted by Crippen LogP contribution is 2.27. The predicted molar refractivity (Wildman–Crippen MR) is 98.3 cm³/mol. The Balaban J connectivity index is 1.90. The second-order valence-corrected chi connectivity index (χ2v) is 9.27. The lowest BCUT2D eigenvalue weighted by atomic mass is 9.85. The zero-order valence-corrected chi connectivity index (χ0v) is 16.5. The predicted octanol–water partition coefficient (Wildman–Crippen LogP) is 0.634. The molecule has 1 atom stereocenters. The van der Waals surface area contributed by atoms with E-state index in [1.807, 2.05) is 18.7 Å². The van der Waals surface area contributed by atoms with E-state index in [1.54, 1.807) is 0 Å². The molecule has 26 heavy (non-hydrogen) atoms. The molecule has 150 valence electrons. The first-order chi connectivity index (χ1) is 12.3. The molecule has 1 amide bonds. The molecule has 2 N–H and O–H groups in total. The SMILES string of the molecule is CCCS(=O)(=O)N1CCCCC1C(=O)NC1CC(N(CC)CC(=O)O)C1. The van der Waals surface area contributed by atoms with E-state index in [9.17, 15) is 18.0 Å². The Morgan fingerprint density at radius 1 is 1.23 bits per heavy atom. The van der Waals surface area contributed by atoms with Crippen molar-refractivity contribution in [3.63, 3.8) is 0 Å². The number of carbonyl (C=O) groups excluding carboxylic acids is 1. The van der Waals surface area contributed by atoms with Gasteiger partial charge in [0.25, 0.3) is 0 Å². The molecule has 0 bridgehead atoms. The van der Waals surface area contributed by atoms with Gasteiger partial charge < -0.3 is 10.4 Å². The van der Waals surface area contributed by atoms with Gasteiger partial charge >= 0.3 is 5.97 Å². The Kier molecular flexibility index (Phi) is 7.42. The highest BCUT2D eigenvalue weighted by atomic mass is 32.2. The smallest absolute Gasteiger partial charge is 0.317 e. The van der Waals surface area contributed by atoms with Gasteiger partial charge in [-0.05, 0) is 38.6 Å². The fraction of sp³-hybridized carbons (Fsp3) is 0.882. The van der Waals surface area contributed by atoms with Crippen LogP contribution >= 0.6 is 0 Å². The highest BCUT2D eigenvalue weighted by Gasteiger charge is 2.39. The lowest BCUT2D eigenvalue weighted by Gasteiger charge is -2.43. The number of likely N-dealkylation sites (N-methyl/N-ethyl adjacent to an activating group) is 1. The van der Waals surface area contributed by atoms with E-state index in [1.165, 1.54) is 4.31 Å². The number of aliphatic carboxylic acids is 1. The number of hydrogen-bond donors (Lipinski definition) is 2. The third-order valence-corrected chi connectivity index (χ3v) is 7.37. The summed E-state index contributed by atoms with van der Waals surface area (Å²) in [7, 11) is -3.39. The number of nitrogens with zero attached hydrogens (tertiary/aromatic N) is 2. The van der Waals surface area contributed by atoms with Crippen molar-refractivity contribution in [2.75, 3.05) is 25.4 Å². The summed E-state index contributed by atoms with van der Waals surface area (Å²) in [6.45, 7) is 4.82. The maximum Gasteiger partial charge on any atom is 0.317 e.